The molecule has 1 atom stereocenters. The number of ether oxygens (including phenoxy) is 2. The molecule has 0 aliphatic carbocycles. The molecule has 10 heteroatoms. The van der Waals surface area contributed by atoms with E-state index < -0.39 is 23.5 Å². The smallest absolute Gasteiger partial charge is 0.337 e. The van der Waals surface area contributed by atoms with Crippen molar-refractivity contribution in [2.75, 3.05) is 19.1 Å². The van der Waals surface area contributed by atoms with E-state index >= 15 is 0 Å². The number of para-hydroxylation sites is 1. The average Bonchev–Trinajstić information content (AvgIpc) is 3.37. The highest BCUT2D eigenvalue weighted by Crippen LogP contribution is 2.32. The van der Waals surface area contributed by atoms with Crippen molar-refractivity contribution in [3.05, 3.63) is 83.9 Å². The van der Waals surface area contributed by atoms with Gasteiger partial charge in [-0.1, -0.05) is 42.5 Å². The topological polar surface area (TPSA) is 116 Å². The van der Waals surface area contributed by atoms with Crippen molar-refractivity contribution in [1.82, 2.24) is 20.3 Å². The number of esters is 1. The molecule has 10 nitrogen and oxygen atoms in total. The van der Waals surface area contributed by atoms with E-state index in [2.05, 4.69) is 15.6 Å². The van der Waals surface area contributed by atoms with Crippen LogP contribution in [0, 0.1) is 0 Å². The molecule has 0 bridgehead atoms. The number of carbonyl (C=O) groups is 3. The molecule has 0 radical (unpaired) electrons. The maximum Gasteiger partial charge on any atom is 0.337 e. The molecular formula is C30H33N5O5. The number of nitrogens with zero attached hydrogens (tertiary/aromatic N) is 4. The highest BCUT2D eigenvalue weighted by molar-refractivity contribution is 6.02. The van der Waals surface area contributed by atoms with Crippen molar-refractivity contribution < 1.29 is 23.9 Å². The Morgan fingerprint density at radius 3 is 2.48 bits per heavy atom. The summed E-state index contributed by atoms with van der Waals surface area (Å²) in [7, 11) is 2.82. The van der Waals surface area contributed by atoms with E-state index in [0.29, 0.717) is 34.5 Å². The molecule has 208 valence electrons. The number of fused-ring (bicyclic) bond motifs is 1. The van der Waals surface area contributed by atoms with Gasteiger partial charge >= 0.3 is 5.97 Å². The fraction of sp³-hybridized carbons (Fsp3) is 0.300. The molecule has 1 unspecified atom stereocenters. The fourth-order valence-corrected chi connectivity index (χ4v) is 4.30. The molecule has 0 spiro atoms. The molecule has 0 fully saturated rings. The monoisotopic (exact) mass is 543 g/mol. The van der Waals surface area contributed by atoms with Crippen LogP contribution >= 0.6 is 0 Å². The Balaban J connectivity index is 1.88. The summed E-state index contributed by atoms with van der Waals surface area (Å²) < 4.78 is 11.8. The Morgan fingerprint density at radius 2 is 1.75 bits per heavy atom. The molecule has 3 aromatic carbocycles. The zero-order chi connectivity index (χ0) is 28.9. The van der Waals surface area contributed by atoms with Crippen LogP contribution in [0.3, 0.4) is 0 Å². The Morgan fingerprint density at radius 1 is 1.00 bits per heavy atom. The second kappa shape index (κ2) is 12.0. The van der Waals surface area contributed by atoms with Crippen molar-refractivity contribution in [2.45, 2.75) is 45.3 Å². The van der Waals surface area contributed by atoms with Gasteiger partial charge in [0.1, 0.15) is 23.9 Å². The standard InChI is InChI=1S/C30H33N5O5/c1-6-30(2,3)31-28(37)27(20-11-10-14-23(18-20)39-4)35(22-13-9-12-21(17-22)29(38)40-5)26(36)19-34-25-16-8-7-15-24(25)32-33-34/h7-18,27H,6,19H2,1-5H3,(H,31,37). The number of hydrogen-bond acceptors (Lipinski definition) is 7. The van der Waals surface area contributed by atoms with Crippen molar-refractivity contribution in [3.63, 3.8) is 0 Å². The third-order valence-electron chi connectivity index (χ3n) is 6.78. The van der Waals surface area contributed by atoms with Gasteiger partial charge in [-0.2, -0.15) is 0 Å². The summed E-state index contributed by atoms with van der Waals surface area (Å²) in [6.07, 6.45) is 0.667. The minimum absolute atomic E-state index is 0.201. The number of amides is 2. The molecule has 4 aromatic rings. The van der Waals surface area contributed by atoms with Crippen molar-refractivity contribution >= 4 is 34.5 Å². The molecule has 0 aliphatic rings. The van der Waals surface area contributed by atoms with Gasteiger partial charge < -0.3 is 14.8 Å². The van der Waals surface area contributed by atoms with E-state index in [9.17, 15) is 14.4 Å². The van der Waals surface area contributed by atoms with E-state index in [1.807, 2.05) is 39.0 Å². The summed E-state index contributed by atoms with van der Waals surface area (Å²) in [4.78, 5) is 42.1. The number of carbonyl (C=O) groups excluding carboxylic acids is 3. The first-order valence-electron chi connectivity index (χ1n) is 12.9. The van der Waals surface area contributed by atoms with E-state index in [1.165, 1.54) is 29.9 Å². The van der Waals surface area contributed by atoms with E-state index in [4.69, 9.17) is 9.47 Å². The highest BCUT2D eigenvalue weighted by atomic mass is 16.5. The van der Waals surface area contributed by atoms with Crippen molar-refractivity contribution in [1.29, 1.82) is 0 Å². The largest absolute Gasteiger partial charge is 0.497 e. The molecule has 40 heavy (non-hydrogen) atoms. The van der Waals surface area contributed by atoms with Gasteiger partial charge in [-0.05, 0) is 68.3 Å². The van der Waals surface area contributed by atoms with Gasteiger partial charge in [0.05, 0.1) is 25.3 Å². The van der Waals surface area contributed by atoms with E-state index in [0.717, 1.165) is 0 Å². The summed E-state index contributed by atoms with van der Waals surface area (Å²) in [5.74, 6) is -0.857. The quantitative estimate of drug-likeness (QED) is 0.297. The maximum atomic E-state index is 14.2. The normalized spacial score (nSPS) is 12.0. The molecule has 4 rings (SSSR count). The van der Waals surface area contributed by atoms with Crippen LogP contribution in [0.5, 0.6) is 5.75 Å². The van der Waals surface area contributed by atoms with Crippen LogP contribution in [0.15, 0.2) is 72.8 Å². The Bertz CT molecular complexity index is 1530. The molecule has 0 aliphatic heterocycles. The highest BCUT2D eigenvalue weighted by Gasteiger charge is 2.36. The SMILES string of the molecule is CCC(C)(C)NC(=O)C(c1cccc(OC)c1)N(C(=O)Cn1nnc2ccccc21)c1cccc(C(=O)OC)c1. The molecule has 2 amide bonds. The van der Waals surface area contributed by atoms with Gasteiger partial charge in [-0.15, -0.1) is 5.10 Å². The van der Waals surface area contributed by atoms with Crippen LogP contribution in [0.25, 0.3) is 11.0 Å². The summed E-state index contributed by atoms with van der Waals surface area (Å²) in [6, 6.07) is 19.7. The Hall–Kier alpha value is -4.73. The van der Waals surface area contributed by atoms with Crippen LogP contribution in [0.1, 0.15) is 49.2 Å². The van der Waals surface area contributed by atoms with Gasteiger partial charge in [0.15, 0.2) is 0 Å². The number of hydrogen-bond donors (Lipinski definition) is 1. The molecule has 1 aromatic heterocycles. The predicted octanol–water partition coefficient (Wildman–Crippen LogP) is 4.31. The summed E-state index contributed by atoms with van der Waals surface area (Å²) in [5, 5.41) is 11.4. The summed E-state index contributed by atoms with van der Waals surface area (Å²) >= 11 is 0. The molecule has 0 saturated heterocycles. The maximum absolute atomic E-state index is 14.2. The van der Waals surface area contributed by atoms with Crippen LogP contribution < -0.4 is 15.0 Å². The number of rotatable bonds is 10. The van der Waals surface area contributed by atoms with Crippen LogP contribution in [-0.4, -0.2) is 52.5 Å². The van der Waals surface area contributed by atoms with Gasteiger partial charge in [0, 0.05) is 11.2 Å². The number of methoxy groups -OCH3 is 2. The second-order valence-corrected chi connectivity index (χ2v) is 9.95. The lowest BCUT2D eigenvalue weighted by atomic mass is 9.98. The second-order valence-electron chi connectivity index (χ2n) is 9.95. The summed E-state index contributed by atoms with van der Waals surface area (Å²) in [6.45, 7) is 5.60. The Kier molecular flexibility index (Phi) is 8.47. The zero-order valence-corrected chi connectivity index (χ0v) is 23.2. The predicted molar refractivity (Wildman–Crippen MR) is 151 cm³/mol. The van der Waals surface area contributed by atoms with Crippen LogP contribution in [0.4, 0.5) is 5.69 Å². The Labute approximate surface area is 232 Å². The minimum Gasteiger partial charge on any atom is -0.497 e. The van der Waals surface area contributed by atoms with Gasteiger partial charge in [-0.25, -0.2) is 9.48 Å². The van der Waals surface area contributed by atoms with Crippen LogP contribution in [-0.2, 0) is 20.9 Å². The number of benzene rings is 3. The number of anilines is 1. The first-order chi connectivity index (χ1) is 19.2. The number of aromatic nitrogens is 3. The van der Waals surface area contributed by atoms with Gasteiger partial charge in [-0.3, -0.25) is 14.5 Å². The lowest BCUT2D eigenvalue weighted by Gasteiger charge is -2.35. The fourth-order valence-electron chi connectivity index (χ4n) is 4.30. The third kappa shape index (κ3) is 6.12. The minimum atomic E-state index is -1.10. The molecular weight excluding hydrogens is 510 g/mol. The first kappa shape index (κ1) is 28.3. The summed E-state index contributed by atoms with van der Waals surface area (Å²) in [5.41, 5.74) is 1.88. The zero-order valence-electron chi connectivity index (χ0n) is 23.2. The lowest BCUT2D eigenvalue weighted by Crippen LogP contribution is -2.51. The van der Waals surface area contributed by atoms with Gasteiger partial charge in [0.2, 0.25) is 11.8 Å². The third-order valence-corrected chi connectivity index (χ3v) is 6.78. The van der Waals surface area contributed by atoms with E-state index in [1.54, 1.807) is 48.5 Å². The van der Waals surface area contributed by atoms with Gasteiger partial charge in [0.25, 0.3) is 0 Å². The number of nitrogens with one attached hydrogen (secondary N) is 1. The first-order valence-corrected chi connectivity index (χ1v) is 12.9. The molecule has 1 heterocycles. The molecule has 0 saturated carbocycles. The van der Waals surface area contributed by atoms with Crippen molar-refractivity contribution in [2.24, 2.45) is 0 Å². The lowest BCUT2D eigenvalue weighted by molar-refractivity contribution is -0.128. The van der Waals surface area contributed by atoms with Crippen molar-refractivity contribution in [3.8, 4) is 5.75 Å². The molecule has 1 N–H and O–H groups in total. The average molecular weight is 544 g/mol. The van der Waals surface area contributed by atoms with Crippen LogP contribution in [0.2, 0.25) is 0 Å². The van der Waals surface area contributed by atoms with E-state index in [-0.39, 0.29) is 18.0 Å².